The highest BCUT2D eigenvalue weighted by Crippen LogP contribution is 2.26. The molecule has 0 saturated heterocycles. The monoisotopic (exact) mass is 393 g/mol. The van der Waals surface area contributed by atoms with Crippen molar-refractivity contribution in [1.82, 2.24) is 10.7 Å². The van der Waals surface area contributed by atoms with E-state index in [0.717, 1.165) is 11.1 Å². The molecule has 25 heavy (non-hydrogen) atoms. The van der Waals surface area contributed by atoms with Gasteiger partial charge in [-0.1, -0.05) is 47.5 Å². The van der Waals surface area contributed by atoms with Gasteiger partial charge in [0.15, 0.2) is 5.11 Å². The first-order valence-electron chi connectivity index (χ1n) is 7.44. The lowest BCUT2D eigenvalue weighted by atomic mass is 10.2. The Hall–Kier alpha value is -2.08. The topological polar surface area (TPSA) is 45.7 Å². The molecule has 0 heterocycles. The molecule has 0 radical (unpaired) electrons. The zero-order chi connectivity index (χ0) is 18.1. The Morgan fingerprint density at radius 2 is 1.88 bits per heavy atom. The van der Waals surface area contributed by atoms with Gasteiger partial charge in [0.05, 0.1) is 6.21 Å². The molecule has 0 aliphatic heterocycles. The summed E-state index contributed by atoms with van der Waals surface area (Å²) in [6.45, 7) is 4.44. The third kappa shape index (κ3) is 6.05. The number of para-hydroxylation sites is 1. The van der Waals surface area contributed by atoms with Gasteiger partial charge in [0.25, 0.3) is 0 Å². The second-order valence-electron chi connectivity index (χ2n) is 4.90. The van der Waals surface area contributed by atoms with Crippen molar-refractivity contribution < 1.29 is 4.74 Å². The lowest BCUT2D eigenvalue weighted by Crippen LogP contribution is -2.31. The van der Waals surface area contributed by atoms with E-state index in [2.05, 4.69) is 22.4 Å². The molecule has 0 fully saturated rings. The predicted molar refractivity (Wildman–Crippen MR) is 109 cm³/mol. The number of nitrogens with one attached hydrogen (secondary N) is 2. The predicted octanol–water partition coefficient (Wildman–Crippen LogP) is 4.56. The molecule has 0 saturated carbocycles. The van der Waals surface area contributed by atoms with Crippen molar-refractivity contribution in [2.75, 3.05) is 6.54 Å². The molecule has 130 valence electrons. The summed E-state index contributed by atoms with van der Waals surface area (Å²) in [6, 6.07) is 12.9. The average molecular weight is 394 g/mol. The summed E-state index contributed by atoms with van der Waals surface area (Å²) in [5, 5.41) is 8.57. The van der Waals surface area contributed by atoms with Crippen molar-refractivity contribution in [2.24, 2.45) is 5.10 Å². The number of hydrazone groups is 1. The molecule has 2 aromatic carbocycles. The molecule has 2 rings (SSSR count). The Kier molecular flexibility index (Phi) is 7.73. The first-order valence-corrected chi connectivity index (χ1v) is 8.60. The van der Waals surface area contributed by atoms with Crippen LogP contribution in [0.4, 0.5) is 0 Å². The quantitative estimate of drug-likeness (QED) is 0.313. The fraction of sp³-hybridized carbons (Fsp3) is 0.111. The van der Waals surface area contributed by atoms with E-state index in [-0.39, 0.29) is 6.61 Å². The van der Waals surface area contributed by atoms with Crippen LogP contribution in [0, 0.1) is 0 Å². The van der Waals surface area contributed by atoms with Crippen molar-refractivity contribution in [3.05, 3.63) is 76.3 Å². The van der Waals surface area contributed by atoms with E-state index in [1.54, 1.807) is 30.5 Å². The smallest absolute Gasteiger partial charge is 0.187 e. The summed E-state index contributed by atoms with van der Waals surface area (Å²) in [6.07, 6.45) is 3.34. The third-order valence-electron chi connectivity index (χ3n) is 3.13. The number of nitrogens with zero attached hydrogens (tertiary/aromatic N) is 1. The minimum Gasteiger partial charge on any atom is -0.488 e. The van der Waals surface area contributed by atoms with E-state index in [4.69, 9.17) is 40.2 Å². The largest absolute Gasteiger partial charge is 0.488 e. The van der Waals surface area contributed by atoms with Gasteiger partial charge in [-0.15, -0.1) is 6.58 Å². The molecule has 4 nitrogen and oxygen atoms in total. The number of benzene rings is 2. The summed E-state index contributed by atoms with van der Waals surface area (Å²) >= 11 is 17.4. The summed E-state index contributed by atoms with van der Waals surface area (Å²) in [5.74, 6) is 0.661. The van der Waals surface area contributed by atoms with Gasteiger partial charge in [0, 0.05) is 27.7 Å². The first kappa shape index (κ1) is 19.2. The summed E-state index contributed by atoms with van der Waals surface area (Å²) in [5.41, 5.74) is 4.27. The lowest BCUT2D eigenvalue weighted by Gasteiger charge is -2.11. The van der Waals surface area contributed by atoms with Crippen LogP contribution < -0.4 is 15.5 Å². The SMILES string of the molecule is C=CCNC(=S)N/N=C/c1ccccc1OCc1c(Cl)cccc1Cl. The zero-order valence-electron chi connectivity index (χ0n) is 13.3. The molecule has 0 aliphatic rings. The van der Waals surface area contributed by atoms with Crippen LogP contribution in [0.2, 0.25) is 10.0 Å². The highest BCUT2D eigenvalue weighted by Gasteiger charge is 2.08. The molecule has 0 atom stereocenters. The van der Waals surface area contributed by atoms with Crippen molar-refractivity contribution in [2.45, 2.75) is 6.61 Å². The number of hydrogen-bond donors (Lipinski definition) is 2. The van der Waals surface area contributed by atoms with E-state index in [9.17, 15) is 0 Å². The molecule has 2 aromatic rings. The minimum absolute atomic E-state index is 0.260. The van der Waals surface area contributed by atoms with Crippen molar-refractivity contribution in [3.63, 3.8) is 0 Å². The maximum Gasteiger partial charge on any atom is 0.187 e. The molecular weight excluding hydrogens is 377 g/mol. The van der Waals surface area contributed by atoms with Gasteiger partial charge < -0.3 is 10.1 Å². The maximum absolute atomic E-state index is 6.17. The van der Waals surface area contributed by atoms with Crippen LogP contribution in [0.25, 0.3) is 0 Å². The average Bonchev–Trinajstić information content (AvgIpc) is 2.60. The van der Waals surface area contributed by atoms with Crippen LogP contribution in [0.5, 0.6) is 5.75 Å². The molecule has 0 aromatic heterocycles. The zero-order valence-corrected chi connectivity index (χ0v) is 15.7. The Morgan fingerprint density at radius 3 is 2.60 bits per heavy atom. The van der Waals surface area contributed by atoms with Gasteiger partial charge in [-0.05, 0) is 36.5 Å². The van der Waals surface area contributed by atoms with Gasteiger partial charge in [0.1, 0.15) is 12.4 Å². The normalized spacial score (nSPS) is 10.5. The van der Waals surface area contributed by atoms with Gasteiger partial charge in [-0.3, -0.25) is 5.43 Å². The maximum atomic E-state index is 6.17. The van der Waals surface area contributed by atoms with Gasteiger partial charge >= 0.3 is 0 Å². The number of halogens is 2. The second-order valence-corrected chi connectivity index (χ2v) is 6.12. The summed E-state index contributed by atoms with van der Waals surface area (Å²) in [7, 11) is 0. The third-order valence-corrected chi connectivity index (χ3v) is 4.07. The Morgan fingerprint density at radius 1 is 1.16 bits per heavy atom. The van der Waals surface area contributed by atoms with E-state index in [0.29, 0.717) is 27.5 Å². The van der Waals surface area contributed by atoms with Crippen LogP contribution in [-0.4, -0.2) is 17.9 Å². The molecule has 0 amide bonds. The van der Waals surface area contributed by atoms with E-state index >= 15 is 0 Å². The Bertz CT molecular complexity index is 760. The van der Waals surface area contributed by atoms with Gasteiger partial charge in [0.2, 0.25) is 0 Å². The van der Waals surface area contributed by atoms with E-state index in [1.165, 1.54) is 0 Å². The molecular formula is C18H17Cl2N3OS. The summed E-state index contributed by atoms with van der Waals surface area (Å²) in [4.78, 5) is 0. The van der Waals surface area contributed by atoms with Crippen LogP contribution in [0.15, 0.2) is 60.2 Å². The Labute approximate surface area is 162 Å². The van der Waals surface area contributed by atoms with Gasteiger partial charge in [-0.25, -0.2) is 0 Å². The van der Waals surface area contributed by atoms with Crippen LogP contribution in [0.3, 0.4) is 0 Å². The van der Waals surface area contributed by atoms with Crippen LogP contribution in [-0.2, 0) is 6.61 Å². The highest BCUT2D eigenvalue weighted by molar-refractivity contribution is 7.80. The van der Waals surface area contributed by atoms with E-state index < -0.39 is 0 Å². The van der Waals surface area contributed by atoms with Crippen molar-refractivity contribution in [3.8, 4) is 5.75 Å². The second kappa shape index (κ2) is 10.0. The van der Waals surface area contributed by atoms with Crippen molar-refractivity contribution >= 4 is 46.7 Å². The molecule has 0 aliphatic carbocycles. The Balaban J connectivity index is 2.03. The lowest BCUT2D eigenvalue weighted by molar-refractivity contribution is 0.306. The summed E-state index contributed by atoms with van der Waals surface area (Å²) < 4.78 is 5.86. The molecule has 2 N–H and O–H groups in total. The standard InChI is InChI=1S/C18H17Cl2N3OS/c1-2-10-21-18(25)23-22-11-13-6-3-4-9-17(13)24-12-14-15(19)7-5-8-16(14)20/h2-9,11H,1,10,12H2,(H2,21,23,25)/b22-11+. The molecule has 0 spiro atoms. The number of rotatable bonds is 7. The molecule has 7 heteroatoms. The highest BCUT2D eigenvalue weighted by atomic mass is 35.5. The van der Waals surface area contributed by atoms with Crippen LogP contribution in [0.1, 0.15) is 11.1 Å². The fourth-order valence-electron chi connectivity index (χ4n) is 1.90. The number of hydrogen-bond acceptors (Lipinski definition) is 3. The molecule has 0 bridgehead atoms. The van der Waals surface area contributed by atoms with Gasteiger partial charge in [-0.2, -0.15) is 5.10 Å². The number of ether oxygens (including phenoxy) is 1. The number of thiocarbonyl (C=S) groups is 1. The van der Waals surface area contributed by atoms with Crippen molar-refractivity contribution in [1.29, 1.82) is 0 Å². The fourth-order valence-corrected chi connectivity index (χ4v) is 2.55. The van der Waals surface area contributed by atoms with Crippen LogP contribution >= 0.6 is 35.4 Å². The van der Waals surface area contributed by atoms with E-state index in [1.807, 2.05) is 24.3 Å². The molecule has 0 unspecified atom stereocenters. The first-order chi connectivity index (χ1) is 12.1. The minimum atomic E-state index is 0.260.